The summed E-state index contributed by atoms with van der Waals surface area (Å²) >= 11 is 3.53. The summed E-state index contributed by atoms with van der Waals surface area (Å²) in [6.45, 7) is 5.28. The Morgan fingerprint density at radius 1 is 1.42 bits per heavy atom. The van der Waals surface area contributed by atoms with Crippen molar-refractivity contribution >= 4 is 15.9 Å². The molecule has 106 valence electrons. The predicted octanol–water partition coefficient (Wildman–Crippen LogP) is 3.68. The summed E-state index contributed by atoms with van der Waals surface area (Å²) in [5, 5.41) is 3.62. The van der Waals surface area contributed by atoms with Crippen LogP contribution in [0.1, 0.15) is 38.3 Å². The highest BCUT2D eigenvalue weighted by atomic mass is 79.9. The number of ether oxygens (including phenoxy) is 2. The molecule has 1 saturated heterocycles. The molecule has 19 heavy (non-hydrogen) atoms. The van der Waals surface area contributed by atoms with Gasteiger partial charge in [0.25, 0.3) is 0 Å². The van der Waals surface area contributed by atoms with Crippen molar-refractivity contribution in [3.8, 4) is 5.75 Å². The van der Waals surface area contributed by atoms with E-state index in [1.165, 1.54) is 12.0 Å². The largest absolute Gasteiger partial charge is 0.496 e. The number of benzene rings is 1. The Bertz CT molecular complexity index is 419. The normalized spacial score (nSPS) is 22.2. The molecule has 3 nitrogen and oxygen atoms in total. The average Bonchev–Trinajstić information content (AvgIpc) is 2.92. The highest BCUT2D eigenvalue weighted by Crippen LogP contribution is 2.28. The minimum absolute atomic E-state index is 0.293. The maximum absolute atomic E-state index is 5.72. The van der Waals surface area contributed by atoms with Crippen molar-refractivity contribution in [1.29, 1.82) is 0 Å². The molecule has 0 aliphatic carbocycles. The van der Waals surface area contributed by atoms with Crippen molar-refractivity contribution in [1.82, 2.24) is 5.32 Å². The van der Waals surface area contributed by atoms with Crippen LogP contribution >= 0.6 is 15.9 Å². The lowest BCUT2D eigenvalue weighted by Crippen LogP contribution is -2.38. The van der Waals surface area contributed by atoms with Gasteiger partial charge in [0.1, 0.15) is 5.75 Å². The number of nitrogens with one attached hydrogen (secondary N) is 1. The molecule has 1 aromatic carbocycles. The van der Waals surface area contributed by atoms with Crippen molar-refractivity contribution in [2.24, 2.45) is 0 Å². The minimum Gasteiger partial charge on any atom is -0.496 e. The number of halogens is 1. The Morgan fingerprint density at radius 3 is 2.79 bits per heavy atom. The van der Waals surface area contributed by atoms with E-state index in [9.17, 15) is 0 Å². The monoisotopic (exact) mass is 327 g/mol. The fourth-order valence-corrected chi connectivity index (χ4v) is 3.11. The lowest BCUT2D eigenvalue weighted by Gasteiger charge is -2.25. The molecule has 1 aromatic rings. The fourth-order valence-electron chi connectivity index (χ4n) is 2.55. The summed E-state index contributed by atoms with van der Waals surface area (Å²) in [6.07, 6.45) is 2.69. The van der Waals surface area contributed by atoms with Gasteiger partial charge in [-0.05, 0) is 60.3 Å². The molecule has 3 unspecified atom stereocenters. The Balaban J connectivity index is 1.98. The summed E-state index contributed by atoms with van der Waals surface area (Å²) in [5.41, 5.74) is 1.25. The smallest absolute Gasteiger partial charge is 0.133 e. The first kappa shape index (κ1) is 14.8. The number of methoxy groups -OCH3 is 1. The van der Waals surface area contributed by atoms with Crippen LogP contribution in [-0.2, 0) is 4.74 Å². The van der Waals surface area contributed by atoms with E-state index in [4.69, 9.17) is 9.47 Å². The first-order valence-corrected chi connectivity index (χ1v) is 7.62. The Morgan fingerprint density at radius 2 is 2.21 bits per heavy atom. The molecular weight excluding hydrogens is 306 g/mol. The molecule has 1 aliphatic rings. The van der Waals surface area contributed by atoms with Gasteiger partial charge in [0.2, 0.25) is 0 Å². The second-order valence-electron chi connectivity index (χ2n) is 5.12. The molecule has 0 aromatic heterocycles. The van der Waals surface area contributed by atoms with Gasteiger partial charge in [-0.25, -0.2) is 0 Å². The molecule has 1 aliphatic heterocycles. The van der Waals surface area contributed by atoms with Crippen molar-refractivity contribution in [2.75, 3.05) is 13.7 Å². The van der Waals surface area contributed by atoms with Gasteiger partial charge in [-0.15, -0.1) is 0 Å². The van der Waals surface area contributed by atoms with Crippen molar-refractivity contribution in [3.05, 3.63) is 28.2 Å². The third-order valence-electron chi connectivity index (χ3n) is 3.71. The molecule has 0 amide bonds. The fraction of sp³-hybridized carbons (Fsp3) is 0.600. The number of hydrogen-bond donors (Lipinski definition) is 1. The molecule has 0 saturated carbocycles. The minimum atomic E-state index is 0.293. The number of rotatable bonds is 5. The van der Waals surface area contributed by atoms with Crippen LogP contribution in [0, 0.1) is 0 Å². The van der Waals surface area contributed by atoms with E-state index >= 15 is 0 Å². The lowest BCUT2D eigenvalue weighted by molar-refractivity contribution is 0.0804. The maximum Gasteiger partial charge on any atom is 0.133 e. The van der Waals surface area contributed by atoms with Crippen LogP contribution < -0.4 is 10.1 Å². The predicted molar refractivity (Wildman–Crippen MR) is 80.7 cm³/mol. The van der Waals surface area contributed by atoms with E-state index < -0.39 is 0 Å². The first-order valence-electron chi connectivity index (χ1n) is 6.83. The van der Waals surface area contributed by atoms with Crippen LogP contribution in [0.3, 0.4) is 0 Å². The molecule has 2 rings (SSSR count). The van der Waals surface area contributed by atoms with Gasteiger partial charge in [0, 0.05) is 18.7 Å². The zero-order valence-electron chi connectivity index (χ0n) is 11.8. The van der Waals surface area contributed by atoms with Gasteiger partial charge >= 0.3 is 0 Å². The molecular formula is C15H22BrNO2. The van der Waals surface area contributed by atoms with Crippen LogP contribution in [-0.4, -0.2) is 25.9 Å². The quantitative estimate of drug-likeness (QED) is 0.894. The Hall–Kier alpha value is -0.580. The van der Waals surface area contributed by atoms with Crippen molar-refractivity contribution < 1.29 is 9.47 Å². The molecule has 4 heteroatoms. The third-order valence-corrected chi connectivity index (χ3v) is 4.33. The molecule has 1 N–H and O–H groups in total. The Labute approximate surface area is 123 Å². The van der Waals surface area contributed by atoms with Crippen LogP contribution in [0.15, 0.2) is 22.7 Å². The molecule has 0 radical (unpaired) electrons. The van der Waals surface area contributed by atoms with Crippen molar-refractivity contribution in [3.63, 3.8) is 0 Å². The SMILES string of the molecule is COc1ccc(C(C)NC(C)C2CCCO2)cc1Br. The summed E-state index contributed by atoms with van der Waals surface area (Å²) in [5.74, 6) is 0.864. The van der Waals surface area contributed by atoms with Gasteiger partial charge in [0.15, 0.2) is 0 Å². The highest BCUT2D eigenvalue weighted by Gasteiger charge is 2.23. The molecule has 0 spiro atoms. The molecule has 3 atom stereocenters. The summed E-state index contributed by atoms with van der Waals surface area (Å²) in [7, 11) is 1.68. The summed E-state index contributed by atoms with van der Waals surface area (Å²) in [4.78, 5) is 0. The van der Waals surface area contributed by atoms with E-state index in [0.717, 1.165) is 23.2 Å². The number of hydrogen-bond acceptors (Lipinski definition) is 3. The second kappa shape index (κ2) is 6.73. The molecule has 0 bridgehead atoms. The van der Waals surface area contributed by atoms with Gasteiger partial charge in [-0.1, -0.05) is 6.07 Å². The molecule has 1 heterocycles. The van der Waals surface area contributed by atoms with Crippen LogP contribution in [0.2, 0.25) is 0 Å². The second-order valence-corrected chi connectivity index (χ2v) is 5.98. The van der Waals surface area contributed by atoms with Crippen molar-refractivity contribution in [2.45, 2.75) is 44.9 Å². The summed E-state index contributed by atoms with van der Waals surface area (Å²) < 4.78 is 12.0. The highest BCUT2D eigenvalue weighted by molar-refractivity contribution is 9.10. The first-order chi connectivity index (χ1) is 9.11. The van der Waals surface area contributed by atoms with E-state index in [0.29, 0.717) is 18.2 Å². The van der Waals surface area contributed by atoms with Crippen LogP contribution in [0.4, 0.5) is 0 Å². The average molecular weight is 328 g/mol. The standard InChI is InChI=1S/C15H22BrNO2/c1-10(17-11(2)14-5-4-8-19-14)12-6-7-15(18-3)13(16)9-12/h6-7,9-11,14,17H,4-5,8H2,1-3H3. The zero-order chi connectivity index (χ0) is 13.8. The van der Waals surface area contributed by atoms with E-state index in [1.807, 2.05) is 6.07 Å². The van der Waals surface area contributed by atoms with Gasteiger partial charge in [-0.3, -0.25) is 0 Å². The summed E-state index contributed by atoms with van der Waals surface area (Å²) in [6, 6.07) is 6.87. The van der Waals surface area contributed by atoms with Gasteiger partial charge in [0.05, 0.1) is 17.7 Å². The van der Waals surface area contributed by atoms with Crippen LogP contribution in [0.25, 0.3) is 0 Å². The Kier molecular flexibility index (Phi) is 5.25. The van der Waals surface area contributed by atoms with Gasteiger partial charge < -0.3 is 14.8 Å². The van der Waals surface area contributed by atoms with E-state index in [2.05, 4.69) is 47.2 Å². The van der Waals surface area contributed by atoms with E-state index in [-0.39, 0.29) is 0 Å². The zero-order valence-corrected chi connectivity index (χ0v) is 13.4. The third kappa shape index (κ3) is 3.71. The maximum atomic E-state index is 5.72. The van der Waals surface area contributed by atoms with Gasteiger partial charge in [-0.2, -0.15) is 0 Å². The lowest BCUT2D eigenvalue weighted by atomic mass is 10.0. The topological polar surface area (TPSA) is 30.5 Å². The van der Waals surface area contributed by atoms with E-state index in [1.54, 1.807) is 7.11 Å². The van der Waals surface area contributed by atoms with Crippen LogP contribution in [0.5, 0.6) is 5.75 Å². The molecule has 1 fully saturated rings.